The molecule has 2 aromatic rings. The second-order valence-corrected chi connectivity index (χ2v) is 4.15. The zero-order valence-corrected chi connectivity index (χ0v) is 10.4. The number of aliphatic hydroxyl groups is 1. The van der Waals surface area contributed by atoms with Crippen LogP contribution in [-0.2, 0) is 0 Å². The van der Waals surface area contributed by atoms with E-state index in [0.29, 0.717) is 28.4 Å². The topological polar surface area (TPSA) is 60.8 Å². The largest absolute Gasteiger partial charge is 0.493 e. The van der Waals surface area contributed by atoms with E-state index in [0.717, 1.165) is 0 Å². The molecule has 5 heteroatoms. The lowest BCUT2D eigenvalue weighted by atomic mass is 10.0. The average molecular weight is 259 g/mol. The summed E-state index contributed by atoms with van der Waals surface area (Å²) in [5, 5.41) is 10.4. The fourth-order valence-corrected chi connectivity index (χ4v) is 2.04. The van der Waals surface area contributed by atoms with Crippen LogP contribution in [0.2, 0.25) is 0 Å². The fourth-order valence-electron chi connectivity index (χ4n) is 2.04. The Morgan fingerprint density at radius 2 is 2.21 bits per heavy atom. The van der Waals surface area contributed by atoms with Crippen LogP contribution < -0.4 is 14.2 Å². The third kappa shape index (κ3) is 2.08. The summed E-state index contributed by atoms with van der Waals surface area (Å²) in [7, 11) is 1.55. The van der Waals surface area contributed by atoms with Gasteiger partial charge in [0.15, 0.2) is 11.5 Å². The standard InChI is InChI=1S/C14H13NO4/c1-17-11-5-10(6-12-14(11)19-8-18-12)13(16)9-3-2-4-15-7-9/h2-7,13,16H,8H2,1H3. The van der Waals surface area contributed by atoms with E-state index < -0.39 is 6.10 Å². The molecule has 5 nitrogen and oxygen atoms in total. The number of aromatic nitrogens is 1. The molecule has 1 aromatic carbocycles. The van der Waals surface area contributed by atoms with Crippen LogP contribution in [0.4, 0.5) is 0 Å². The number of nitrogens with zero attached hydrogens (tertiary/aromatic N) is 1. The maximum atomic E-state index is 10.4. The summed E-state index contributed by atoms with van der Waals surface area (Å²) in [5.74, 6) is 1.70. The van der Waals surface area contributed by atoms with Crippen molar-refractivity contribution in [1.29, 1.82) is 0 Å². The third-order valence-corrected chi connectivity index (χ3v) is 3.00. The van der Waals surface area contributed by atoms with Gasteiger partial charge in [-0.3, -0.25) is 4.98 Å². The molecule has 1 N–H and O–H groups in total. The molecule has 0 fully saturated rings. The molecule has 0 saturated heterocycles. The first-order valence-corrected chi connectivity index (χ1v) is 5.85. The molecule has 1 aromatic heterocycles. The molecule has 98 valence electrons. The molecule has 1 aliphatic rings. The minimum absolute atomic E-state index is 0.165. The number of rotatable bonds is 3. The molecule has 0 bridgehead atoms. The highest BCUT2D eigenvalue weighted by molar-refractivity contribution is 5.56. The van der Waals surface area contributed by atoms with Crippen molar-refractivity contribution in [3.05, 3.63) is 47.8 Å². The summed E-state index contributed by atoms with van der Waals surface area (Å²) in [6.07, 6.45) is 2.51. The van der Waals surface area contributed by atoms with E-state index in [4.69, 9.17) is 14.2 Å². The number of hydrogen-bond donors (Lipinski definition) is 1. The summed E-state index contributed by atoms with van der Waals surface area (Å²) in [6.45, 7) is 0.165. The number of fused-ring (bicyclic) bond motifs is 1. The molecule has 1 atom stereocenters. The van der Waals surface area contributed by atoms with E-state index in [9.17, 15) is 5.11 Å². The van der Waals surface area contributed by atoms with Crippen molar-refractivity contribution in [1.82, 2.24) is 4.98 Å². The Bertz CT molecular complexity index is 585. The van der Waals surface area contributed by atoms with Crippen LogP contribution in [0.3, 0.4) is 0 Å². The van der Waals surface area contributed by atoms with Crippen molar-refractivity contribution >= 4 is 0 Å². The molecular formula is C14H13NO4. The highest BCUT2D eigenvalue weighted by Gasteiger charge is 2.23. The number of methoxy groups -OCH3 is 1. The van der Waals surface area contributed by atoms with Gasteiger partial charge in [0.25, 0.3) is 0 Å². The number of benzene rings is 1. The minimum atomic E-state index is -0.780. The summed E-state index contributed by atoms with van der Waals surface area (Å²) >= 11 is 0. The fraction of sp³-hybridized carbons (Fsp3) is 0.214. The monoisotopic (exact) mass is 259 g/mol. The third-order valence-electron chi connectivity index (χ3n) is 3.00. The second-order valence-electron chi connectivity index (χ2n) is 4.15. The molecule has 19 heavy (non-hydrogen) atoms. The Morgan fingerprint density at radius 3 is 2.95 bits per heavy atom. The quantitative estimate of drug-likeness (QED) is 0.912. The Hall–Kier alpha value is -2.27. The Labute approximate surface area is 110 Å². The summed E-state index contributed by atoms with van der Waals surface area (Å²) in [5.41, 5.74) is 1.39. The Balaban J connectivity index is 2.02. The van der Waals surface area contributed by atoms with Crippen LogP contribution in [0.1, 0.15) is 17.2 Å². The predicted molar refractivity (Wildman–Crippen MR) is 67.4 cm³/mol. The first-order chi connectivity index (χ1) is 9.29. The van der Waals surface area contributed by atoms with Crippen LogP contribution in [-0.4, -0.2) is 24.0 Å². The predicted octanol–water partition coefficient (Wildman–Crippen LogP) is 1.90. The zero-order valence-electron chi connectivity index (χ0n) is 10.4. The summed E-state index contributed by atoms with van der Waals surface area (Å²) in [6, 6.07) is 7.09. The summed E-state index contributed by atoms with van der Waals surface area (Å²) < 4.78 is 15.9. The van der Waals surface area contributed by atoms with Crippen molar-refractivity contribution in [2.45, 2.75) is 6.10 Å². The number of aliphatic hydroxyl groups excluding tert-OH is 1. The van der Waals surface area contributed by atoms with Gasteiger partial charge in [-0.2, -0.15) is 0 Å². The number of ether oxygens (including phenoxy) is 3. The lowest BCUT2D eigenvalue weighted by Gasteiger charge is -2.13. The molecular weight excluding hydrogens is 246 g/mol. The van der Waals surface area contributed by atoms with Crippen LogP contribution in [0.15, 0.2) is 36.7 Å². The van der Waals surface area contributed by atoms with Crippen LogP contribution in [0.5, 0.6) is 17.2 Å². The van der Waals surface area contributed by atoms with Gasteiger partial charge < -0.3 is 19.3 Å². The molecule has 3 rings (SSSR count). The average Bonchev–Trinajstić information content (AvgIpc) is 2.94. The second kappa shape index (κ2) is 4.78. The van der Waals surface area contributed by atoms with Gasteiger partial charge >= 0.3 is 0 Å². The first kappa shape index (κ1) is 11.8. The highest BCUT2D eigenvalue weighted by atomic mass is 16.7. The molecule has 0 radical (unpaired) electrons. The molecule has 0 aliphatic carbocycles. The van der Waals surface area contributed by atoms with Crippen molar-refractivity contribution in [2.24, 2.45) is 0 Å². The number of hydrogen-bond acceptors (Lipinski definition) is 5. The lowest BCUT2D eigenvalue weighted by Crippen LogP contribution is -2.00. The normalized spacial score (nSPS) is 14.2. The van der Waals surface area contributed by atoms with E-state index in [1.54, 1.807) is 37.7 Å². The van der Waals surface area contributed by atoms with E-state index in [1.807, 2.05) is 6.07 Å². The number of pyridine rings is 1. The van der Waals surface area contributed by atoms with E-state index in [1.165, 1.54) is 0 Å². The molecule has 2 heterocycles. The SMILES string of the molecule is COc1cc(C(O)c2cccnc2)cc2c1OCO2. The molecule has 1 aliphatic heterocycles. The van der Waals surface area contributed by atoms with Crippen molar-refractivity contribution in [2.75, 3.05) is 13.9 Å². The van der Waals surface area contributed by atoms with Gasteiger partial charge in [-0.05, 0) is 23.8 Å². The maximum absolute atomic E-state index is 10.4. The van der Waals surface area contributed by atoms with E-state index in [2.05, 4.69) is 4.98 Å². The van der Waals surface area contributed by atoms with Gasteiger partial charge in [-0.1, -0.05) is 6.07 Å². The van der Waals surface area contributed by atoms with Gasteiger partial charge in [-0.15, -0.1) is 0 Å². The molecule has 0 saturated carbocycles. The van der Waals surface area contributed by atoms with E-state index >= 15 is 0 Å². The Morgan fingerprint density at radius 1 is 1.32 bits per heavy atom. The van der Waals surface area contributed by atoms with Gasteiger partial charge in [0.05, 0.1) is 7.11 Å². The molecule has 0 spiro atoms. The van der Waals surface area contributed by atoms with Gasteiger partial charge in [0.1, 0.15) is 6.10 Å². The molecule has 1 unspecified atom stereocenters. The van der Waals surface area contributed by atoms with Crippen LogP contribution in [0.25, 0.3) is 0 Å². The lowest BCUT2D eigenvalue weighted by molar-refractivity contribution is 0.171. The van der Waals surface area contributed by atoms with Gasteiger partial charge in [-0.25, -0.2) is 0 Å². The van der Waals surface area contributed by atoms with Crippen molar-refractivity contribution < 1.29 is 19.3 Å². The van der Waals surface area contributed by atoms with Crippen molar-refractivity contribution in [3.8, 4) is 17.2 Å². The van der Waals surface area contributed by atoms with Gasteiger partial charge in [0, 0.05) is 18.0 Å². The molecule has 0 amide bonds. The smallest absolute Gasteiger partial charge is 0.231 e. The van der Waals surface area contributed by atoms with Crippen LogP contribution in [0, 0.1) is 0 Å². The zero-order chi connectivity index (χ0) is 13.2. The van der Waals surface area contributed by atoms with Crippen LogP contribution >= 0.6 is 0 Å². The van der Waals surface area contributed by atoms with Gasteiger partial charge in [0.2, 0.25) is 12.5 Å². The summed E-state index contributed by atoms with van der Waals surface area (Å²) in [4.78, 5) is 4.00. The highest BCUT2D eigenvalue weighted by Crippen LogP contribution is 2.43. The van der Waals surface area contributed by atoms with Crippen molar-refractivity contribution in [3.63, 3.8) is 0 Å². The maximum Gasteiger partial charge on any atom is 0.231 e. The minimum Gasteiger partial charge on any atom is -0.493 e. The Kier molecular flexibility index (Phi) is 2.97. The first-order valence-electron chi connectivity index (χ1n) is 5.85. The van der Waals surface area contributed by atoms with E-state index in [-0.39, 0.29) is 6.79 Å².